The van der Waals surface area contributed by atoms with E-state index in [1.54, 1.807) is 30.4 Å². The number of esters is 1. The Bertz CT molecular complexity index is 901. The molecule has 0 saturated heterocycles. The summed E-state index contributed by atoms with van der Waals surface area (Å²) in [5.41, 5.74) is 2.77. The van der Waals surface area contributed by atoms with Crippen molar-refractivity contribution in [3.8, 4) is 11.5 Å². The Balaban J connectivity index is 1.64. The number of likely N-dealkylation sites (N-methyl/N-ethyl adjacent to an activating group) is 1. The first-order chi connectivity index (χ1) is 13.9. The number of rotatable bonds is 5. The maximum absolute atomic E-state index is 12.5. The standard InChI is InChI=1S/C22H25NO6/c1-23(2)7-8-27-21(26)11-20-22-16-6-4-13(24)9-18(16)28-12-17(22)15-5-3-14(25)10-19(15)29-20/h3-6,9-10,16,18,20,24-25H,7-8,11-12H2,1-2H3. The molecule has 3 atom stereocenters. The molecular weight excluding hydrogens is 374 g/mol. The van der Waals surface area contributed by atoms with Crippen LogP contribution >= 0.6 is 0 Å². The van der Waals surface area contributed by atoms with E-state index in [-0.39, 0.29) is 35.9 Å². The number of nitrogens with zero attached hydrogens (tertiary/aromatic N) is 1. The minimum atomic E-state index is -0.527. The van der Waals surface area contributed by atoms with Gasteiger partial charge in [0, 0.05) is 24.1 Å². The van der Waals surface area contributed by atoms with E-state index < -0.39 is 6.10 Å². The monoisotopic (exact) mass is 399 g/mol. The number of aliphatic hydroxyl groups excluding tert-OH is 1. The first kappa shape index (κ1) is 19.5. The van der Waals surface area contributed by atoms with Crippen molar-refractivity contribution in [3.05, 3.63) is 53.3 Å². The molecule has 3 aliphatic rings. The van der Waals surface area contributed by atoms with Crippen LogP contribution in [0.1, 0.15) is 12.0 Å². The van der Waals surface area contributed by atoms with Crippen molar-refractivity contribution in [2.45, 2.75) is 18.6 Å². The Morgan fingerprint density at radius 1 is 1.31 bits per heavy atom. The van der Waals surface area contributed by atoms with Gasteiger partial charge in [-0.1, -0.05) is 6.08 Å². The second-order valence-electron chi connectivity index (χ2n) is 7.70. The lowest BCUT2D eigenvalue weighted by molar-refractivity contribution is -0.145. The van der Waals surface area contributed by atoms with Crippen LogP contribution in [-0.4, -0.2) is 67.1 Å². The maximum atomic E-state index is 12.5. The predicted molar refractivity (Wildman–Crippen MR) is 107 cm³/mol. The van der Waals surface area contributed by atoms with Crippen molar-refractivity contribution in [3.63, 3.8) is 0 Å². The molecule has 0 radical (unpaired) electrons. The van der Waals surface area contributed by atoms with Gasteiger partial charge in [-0.25, -0.2) is 0 Å². The Morgan fingerprint density at radius 2 is 2.14 bits per heavy atom. The van der Waals surface area contributed by atoms with E-state index in [4.69, 9.17) is 14.2 Å². The van der Waals surface area contributed by atoms with E-state index in [1.807, 2.05) is 25.1 Å². The average molecular weight is 399 g/mol. The zero-order valence-electron chi connectivity index (χ0n) is 16.5. The van der Waals surface area contributed by atoms with Crippen molar-refractivity contribution in [2.24, 2.45) is 5.92 Å². The molecule has 4 rings (SSSR count). The number of phenols is 1. The van der Waals surface area contributed by atoms with Gasteiger partial charge in [-0.2, -0.15) is 0 Å². The number of phenolic OH excluding ortho intramolecular Hbond substituents is 1. The molecule has 154 valence electrons. The van der Waals surface area contributed by atoms with Gasteiger partial charge in [-0.3, -0.25) is 4.79 Å². The minimum absolute atomic E-state index is 0.0636. The fourth-order valence-corrected chi connectivity index (χ4v) is 3.96. The summed E-state index contributed by atoms with van der Waals surface area (Å²) in [6.45, 7) is 1.29. The molecule has 0 amide bonds. The molecule has 7 heteroatoms. The number of fused-ring (bicyclic) bond motifs is 4. The second kappa shape index (κ2) is 7.93. The van der Waals surface area contributed by atoms with Crippen LogP contribution in [0.3, 0.4) is 0 Å². The van der Waals surface area contributed by atoms with Gasteiger partial charge in [0.25, 0.3) is 0 Å². The fraction of sp³-hybridized carbons (Fsp3) is 0.409. The van der Waals surface area contributed by atoms with Crippen LogP contribution in [0.15, 0.2) is 47.8 Å². The summed E-state index contributed by atoms with van der Waals surface area (Å²) in [4.78, 5) is 14.4. The SMILES string of the molecule is CN(C)CCOC(=O)CC1Oc2cc(O)ccc2C2=C1C1C=CC(O)=CC1OC2. The average Bonchev–Trinajstić information content (AvgIpc) is 2.66. The number of aromatic hydroxyl groups is 1. The van der Waals surface area contributed by atoms with Gasteiger partial charge in [0.1, 0.15) is 30.0 Å². The van der Waals surface area contributed by atoms with Crippen molar-refractivity contribution < 1.29 is 29.2 Å². The first-order valence-corrected chi connectivity index (χ1v) is 9.66. The summed E-state index contributed by atoms with van der Waals surface area (Å²) in [5, 5.41) is 19.7. The van der Waals surface area contributed by atoms with Crippen molar-refractivity contribution >= 4 is 11.5 Å². The van der Waals surface area contributed by atoms with Crippen LogP contribution in [0.4, 0.5) is 0 Å². The number of ether oxygens (including phenoxy) is 3. The number of carbonyl (C=O) groups is 1. The van der Waals surface area contributed by atoms with E-state index >= 15 is 0 Å². The van der Waals surface area contributed by atoms with Crippen LogP contribution in [0.2, 0.25) is 0 Å². The number of benzene rings is 1. The third-order valence-electron chi connectivity index (χ3n) is 5.35. The summed E-state index contributed by atoms with van der Waals surface area (Å²) >= 11 is 0. The van der Waals surface area contributed by atoms with E-state index in [1.165, 1.54) is 0 Å². The molecule has 1 aliphatic carbocycles. The smallest absolute Gasteiger partial charge is 0.309 e. The van der Waals surface area contributed by atoms with E-state index in [0.29, 0.717) is 25.5 Å². The number of allylic oxidation sites excluding steroid dienone is 1. The number of hydrogen-bond acceptors (Lipinski definition) is 7. The maximum Gasteiger partial charge on any atom is 0.309 e. The molecule has 3 unspecified atom stereocenters. The van der Waals surface area contributed by atoms with Gasteiger partial charge < -0.3 is 29.3 Å². The molecule has 2 N–H and O–H groups in total. The molecule has 2 heterocycles. The lowest BCUT2D eigenvalue weighted by Gasteiger charge is -2.40. The zero-order valence-corrected chi connectivity index (χ0v) is 16.5. The molecule has 0 spiro atoms. The summed E-state index contributed by atoms with van der Waals surface area (Å²) in [6.07, 6.45) is 4.42. The van der Waals surface area contributed by atoms with Gasteiger partial charge >= 0.3 is 5.97 Å². The van der Waals surface area contributed by atoms with Crippen LogP contribution in [-0.2, 0) is 14.3 Å². The van der Waals surface area contributed by atoms with E-state index in [9.17, 15) is 15.0 Å². The molecule has 7 nitrogen and oxygen atoms in total. The third-order valence-corrected chi connectivity index (χ3v) is 5.35. The molecule has 0 aromatic heterocycles. The summed E-state index contributed by atoms with van der Waals surface area (Å²) in [6, 6.07) is 4.96. The highest BCUT2D eigenvalue weighted by Gasteiger charge is 2.41. The largest absolute Gasteiger partial charge is 0.508 e. The number of aliphatic hydroxyl groups is 1. The fourth-order valence-electron chi connectivity index (χ4n) is 3.96. The highest BCUT2D eigenvalue weighted by molar-refractivity contribution is 5.80. The van der Waals surface area contributed by atoms with Gasteiger partial charge in [0.2, 0.25) is 0 Å². The molecule has 0 saturated carbocycles. The summed E-state index contributed by atoms with van der Waals surface area (Å²) < 4.78 is 17.5. The van der Waals surface area contributed by atoms with Gasteiger partial charge in [0.15, 0.2) is 0 Å². The highest BCUT2D eigenvalue weighted by atomic mass is 16.5. The van der Waals surface area contributed by atoms with Gasteiger partial charge in [0.05, 0.1) is 19.1 Å². The normalized spacial score (nSPS) is 24.9. The van der Waals surface area contributed by atoms with E-state index in [2.05, 4.69) is 0 Å². The van der Waals surface area contributed by atoms with Crippen LogP contribution in [0.5, 0.6) is 11.5 Å². The molecule has 0 bridgehead atoms. The predicted octanol–water partition coefficient (Wildman–Crippen LogP) is 2.43. The summed E-state index contributed by atoms with van der Waals surface area (Å²) in [5.74, 6) is 0.303. The van der Waals surface area contributed by atoms with Crippen molar-refractivity contribution in [1.29, 1.82) is 0 Å². The van der Waals surface area contributed by atoms with Crippen LogP contribution in [0, 0.1) is 5.92 Å². The number of hydrogen-bond donors (Lipinski definition) is 2. The minimum Gasteiger partial charge on any atom is -0.508 e. The Kier molecular flexibility index (Phi) is 5.34. The zero-order chi connectivity index (χ0) is 20.5. The van der Waals surface area contributed by atoms with E-state index in [0.717, 1.165) is 16.7 Å². The van der Waals surface area contributed by atoms with Crippen molar-refractivity contribution in [2.75, 3.05) is 33.9 Å². The topological polar surface area (TPSA) is 88.5 Å². The summed E-state index contributed by atoms with van der Waals surface area (Å²) in [7, 11) is 3.83. The van der Waals surface area contributed by atoms with Crippen molar-refractivity contribution in [1.82, 2.24) is 4.90 Å². The molecule has 1 aromatic carbocycles. The first-order valence-electron chi connectivity index (χ1n) is 9.66. The molecular formula is C22H25NO6. The quantitative estimate of drug-likeness (QED) is 0.735. The highest BCUT2D eigenvalue weighted by Crippen LogP contribution is 2.46. The second-order valence-corrected chi connectivity index (χ2v) is 7.70. The molecule has 1 aromatic rings. The molecule has 0 fully saturated rings. The number of carbonyl (C=O) groups excluding carboxylic acids is 1. The molecule has 29 heavy (non-hydrogen) atoms. The van der Waals surface area contributed by atoms with Crippen LogP contribution in [0.25, 0.3) is 5.57 Å². The van der Waals surface area contributed by atoms with Gasteiger partial charge in [-0.15, -0.1) is 0 Å². The lowest BCUT2D eigenvalue weighted by atomic mass is 9.77. The molecule has 2 aliphatic heterocycles. The Labute approximate surface area is 169 Å². The Hall–Kier alpha value is -2.77. The van der Waals surface area contributed by atoms with Crippen LogP contribution < -0.4 is 4.74 Å². The van der Waals surface area contributed by atoms with Gasteiger partial charge in [-0.05, 0) is 49.5 Å². The Morgan fingerprint density at radius 3 is 2.93 bits per heavy atom. The third kappa shape index (κ3) is 4.02. The lowest BCUT2D eigenvalue weighted by Crippen LogP contribution is -2.40.